The zero-order valence-corrected chi connectivity index (χ0v) is 9.55. The molecule has 4 heteroatoms. The van der Waals surface area contributed by atoms with Crippen LogP contribution in [0.1, 0.15) is 26.7 Å². The van der Waals surface area contributed by atoms with Gasteiger partial charge in [-0.25, -0.2) is 8.78 Å². The van der Waals surface area contributed by atoms with Gasteiger partial charge in [0.1, 0.15) is 0 Å². The standard InChI is InChI=1S/C11H20F2N2/c1-9(2)14-3-5-15(6-4-14)10-7-11(12,13)8-10/h9-10H,3-8H2,1-2H3. The summed E-state index contributed by atoms with van der Waals surface area (Å²) in [6.45, 7) is 8.34. The molecule has 1 saturated carbocycles. The van der Waals surface area contributed by atoms with Crippen molar-refractivity contribution in [2.45, 2.75) is 44.7 Å². The van der Waals surface area contributed by atoms with Crippen LogP contribution in [0.25, 0.3) is 0 Å². The number of hydrogen-bond donors (Lipinski definition) is 0. The quantitative estimate of drug-likeness (QED) is 0.697. The highest BCUT2D eigenvalue weighted by Crippen LogP contribution is 2.40. The normalized spacial score (nSPS) is 29.4. The van der Waals surface area contributed by atoms with Crippen LogP contribution in [0.2, 0.25) is 0 Å². The van der Waals surface area contributed by atoms with Gasteiger partial charge in [0.25, 0.3) is 5.92 Å². The van der Waals surface area contributed by atoms with Gasteiger partial charge in [0.15, 0.2) is 0 Å². The average molecular weight is 218 g/mol. The molecule has 2 nitrogen and oxygen atoms in total. The maximum atomic E-state index is 12.7. The third-order valence-corrected chi connectivity index (χ3v) is 3.66. The summed E-state index contributed by atoms with van der Waals surface area (Å²) in [6.07, 6.45) is 0.156. The number of hydrogen-bond acceptors (Lipinski definition) is 2. The second kappa shape index (κ2) is 3.98. The van der Waals surface area contributed by atoms with Gasteiger partial charge >= 0.3 is 0 Å². The van der Waals surface area contributed by atoms with Gasteiger partial charge in [-0.2, -0.15) is 0 Å². The van der Waals surface area contributed by atoms with Crippen LogP contribution < -0.4 is 0 Å². The van der Waals surface area contributed by atoms with Gasteiger partial charge < -0.3 is 0 Å². The molecular formula is C11H20F2N2. The molecule has 1 aliphatic heterocycles. The molecule has 1 heterocycles. The SMILES string of the molecule is CC(C)N1CCN(C2CC(F)(F)C2)CC1. The van der Waals surface area contributed by atoms with Gasteiger partial charge in [0, 0.05) is 51.1 Å². The number of piperazine rings is 1. The number of rotatable bonds is 2. The fourth-order valence-electron chi connectivity index (χ4n) is 2.51. The molecule has 2 aliphatic rings. The van der Waals surface area contributed by atoms with Crippen molar-refractivity contribution in [1.29, 1.82) is 0 Å². The second-order valence-corrected chi connectivity index (χ2v) is 5.08. The lowest BCUT2D eigenvalue weighted by Gasteiger charge is -2.46. The first kappa shape index (κ1) is 11.3. The van der Waals surface area contributed by atoms with Crippen LogP contribution in [-0.2, 0) is 0 Å². The molecule has 0 aromatic heterocycles. The molecule has 2 rings (SSSR count). The number of alkyl halides is 2. The predicted octanol–water partition coefficient (Wildman–Crippen LogP) is 1.81. The molecule has 2 fully saturated rings. The first-order chi connectivity index (χ1) is 6.98. The average Bonchev–Trinajstić information content (AvgIpc) is 2.14. The Morgan fingerprint density at radius 3 is 2.00 bits per heavy atom. The van der Waals surface area contributed by atoms with Gasteiger partial charge in [-0.15, -0.1) is 0 Å². The van der Waals surface area contributed by atoms with Crippen molar-refractivity contribution in [3.05, 3.63) is 0 Å². The van der Waals surface area contributed by atoms with E-state index in [1.54, 1.807) is 0 Å². The van der Waals surface area contributed by atoms with E-state index in [2.05, 4.69) is 23.6 Å². The fourth-order valence-corrected chi connectivity index (χ4v) is 2.51. The summed E-state index contributed by atoms with van der Waals surface area (Å²) in [6, 6.07) is 0.726. The monoisotopic (exact) mass is 218 g/mol. The summed E-state index contributed by atoms with van der Waals surface area (Å²) in [7, 11) is 0. The van der Waals surface area contributed by atoms with Crippen molar-refractivity contribution in [3.63, 3.8) is 0 Å². The molecule has 0 bridgehead atoms. The van der Waals surface area contributed by atoms with E-state index in [-0.39, 0.29) is 18.9 Å². The molecule has 0 aromatic rings. The Labute approximate surface area is 90.2 Å². The van der Waals surface area contributed by atoms with E-state index in [1.807, 2.05) is 0 Å². The molecule has 88 valence electrons. The Bertz CT molecular complexity index is 215. The lowest BCUT2D eigenvalue weighted by Crippen LogP contribution is -2.57. The first-order valence-electron chi connectivity index (χ1n) is 5.84. The highest BCUT2D eigenvalue weighted by atomic mass is 19.3. The summed E-state index contributed by atoms with van der Waals surface area (Å²) >= 11 is 0. The predicted molar refractivity (Wildman–Crippen MR) is 56.3 cm³/mol. The van der Waals surface area contributed by atoms with Crippen LogP contribution in [0, 0.1) is 0 Å². The lowest BCUT2D eigenvalue weighted by molar-refractivity contribution is -0.130. The van der Waals surface area contributed by atoms with Crippen molar-refractivity contribution in [1.82, 2.24) is 9.80 Å². The molecule has 0 aromatic carbocycles. The highest BCUT2D eigenvalue weighted by molar-refractivity contribution is 4.94. The van der Waals surface area contributed by atoms with Gasteiger partial charge in [-0.05, 0) is 13.8 Å². The molecule has 0 atom stereocenters. The molecule has 1 saturated heterocycles. The van der Waals surface area contributed by atoms with Gasteiger partial charge in [-0.1, -0.05) is 0 Å². The van der Waals surface area contributed by atoms with Crippen molar-refractivity contribution in [2.75, 3.05) is 26.2 Å². The van der Waals surface area contributed by atoms with E-state index in [1.165, 1.54) is 0 Å². The van der Waals surface area contributed by atoms with Gasteiger partial charge in [-0.3, -0.25) is 9.80 Å². The maximum absolute atomic E-state index is 12.7. The Morgan fingerprint density at radius 2 is 1.60 bits per heavy atom. The van der Waals surface area contributed by atoms with E-state index in [0.29, 0.717) is 6.04 Å². The van der Waals surface area contributed by atoms with Crippen LogP contribution in [0.3, 0.4) is 0 Å². The summed E-state index contributed by atoms with van der Waals surface area (Å²) in [5, 5.41) is 0. The smallest absolute Gasteiger partial charge is 0.251 e. The minimum absolute atomic E-state index is 0.0781. The fraction of sp³-hybridized carbons (Fsp3) is 1.00. The Hall–Kier alpha value is -0.220. The molecule has 0 amide bonds. The molecule has 15 heavy (non-hydrogen) atoms. The third kappa shape index (κ3) is 2.48. The molecule has 1 aliphatic carbocycles. The number of nitrogens with zero attached hydrogens (tertiary/aromatic N) is 2. The van der Waals surface area contributed by atoms with Crippen molar-refractivity contribution < 1.29 is 8.78 Å². The van der Waals surface area contributed by atoms with E-state index in [4.69, 9.17) is 0 Å². The minimum Gasteiger partial charge on any atom is -0.298 e. The van der Waals surface area contributed by atoms with Crippen LogP contribution >= 0.6 is 0 Å². The zero-order chi connectivity index (χ0) is 11.1. The van der Waals surface area contributed by atoms with Crippen LogP contribution in [0.5, 0.6) is 0 Å². The Morgan fingerprint density at radius 1 is 1.07 bits per heavy atom. The molecule has 0 spiro atoms. The van der Waals surface area contributed by atoms with Crippen molar-refractivity contribution in [2.24, 2.45) is 0 Å². The minimum atomic E-state index is -2.38. The largest absolute Gasteiger partial charge is 0.298 e. The Balaban J connectivity index is 1.75. The van der Waals surface area contributed by atoms with E-state index >= 15 is 0 Å². The van der Waals surface area contributed by atoms with Gasteiger partial charge in [0.2, 0.25) is 0 Å². The Kier molecular flexibility index (Phi) is 2.99. The zero-order valence-electron chi connectivity index (χ0n) is 9.55. The van der Waals surface area contributed by atoms with Gasteiger partial charge in [0.05, 0.1) is 0 Å². The van der Waals surface area contributed by atoms with Crippen LogP contribution in [0.4, 0.5) is 8.78 Å². The first-order valence-corrected chi connectivity index (χ1v) is 5.84. The summed E-state index contributed by atoms with van der Waals surface area (Å²) in [4.78, 5) is 4.64. The van der Waals surface area contributed by atoms with Crippen LogP contribution in [-0.4, -0.2) is 54.0 Å². The maximum Gasteiger partial charge on any atom is 0.251 e. The van der Waals surface area contributed by atoms with E-state index < -0.39 is 5.92 Å². The van der Waals surface area contributed by atoms with E-state index in [0.717, 1.165) is 26.2 Å². The lowest BCUT2D eigenvalue weighted by atomic mass is 9.86. The number of halogens is 2. The van der Waals surface area contributed by atoms with Crippen molar-refractivity contribution >= 4 is 0 Å². The summed E-state index contributed by atoms with van der Waals surface area (Å²) in [5.74, 6) is -2.38. The molecule has 0 N–H and O–H groups in total. The topological polar surface area (TPSA) is 6.48 Å². The molecular weight excluding hydrogens is 198 g/mol. The highest BCUT2D eigenvalue weighted by Gasteiger charge is 2.48. The van der Waals surface area contributed by atoms with Crippen LogP contribution in [0.15, 0.2) is 0 Å². The van der Waals surface area contributed by atoms with E-state index in [9.17, 15) is 8.78 Å². The second-order valence-electron chi connectivity index (χ2n) is 5.08. The third-order valence-electron chi connectivity index (χ3n) is 3.66. The molecule has 0 unspecified atom stereocenters. The summed E-state index contributed by atoms with van der Waals surface area (Å²) < 4.78 is 25.4. The molecule has 0 radical (unpaired) electrons. The van der Waals surface area contributed by atoms with Crippen molar-refractivity contribution in [3.8, 4) is 0 Å². The summed E-state index contributed by atoms with van der Waals surface area (Å²) in [5.41, 5.74) is 0.